The van der Waals surface area contributed by atoms with Crippen LogP contribution in [-0.4, -0.2) is 5.92 Å². The van der Waals surface area contributed by atoms with Crippen molar-refractivity contribution in [2.24, 2.45) is 0 Å². The van der Waals surface area contributed by atoms with Gasteiger partial charge in [0.2, 0.25) is 0 Å². The zero-order chi connectivity index (χ0) is 35.0. The molecule has 257 valence electrons. The Hall–Kier alpha value is -1.96. The molecule has 0 radical (unpaired) electrons. The number of fused-ring (bicyclic) bond motifs is 2. The Morgan fingerprint density at radius 3 is 1.88 bits per heavy atom. The van der Waals surface area contributed by atoms with E-state index >= 15 is 0 Å². The van der Waals surface area contributed by atoms with E-state index in [9.17, 15) is 0 Å². The van der Waals surface area contributed by atoms with E-state index in [4.69, 9.17) is 17.0 Å². The fourth-order valence-corrected chi connectivity index (χ4v) is 38.0. The zero-order valence-electron chi connectivity index (χ0n) is 30.8. The molecule has 6 rings (SSSR count). The van der Waals surface area contributed by atoms with E-state index in [0.29, 0.717) is 0 Å². The standard InChI is InChI=1S/C24H29.C19H19.C2H7Si.2ClH.Zr/c1-3-5-6-7-10-20-17-22-11-8-12-23(24(22)18-20)21-15-13-19(9-4-2)14-16-21;1-19(2,3)16-12-10-15(11-13-16)18-9-5-7-14-6-4-8-17(14)18;1-3-2;;;/h8,11-18H,3-7,9-10H2,1-2H3;4-13H,1-3H3;3H,1-2H3;2*1H;/q;;;;;+2/p-2. The minimum absolute atomic E-state index is 0.0900. The van der Waals surface area contributed by atoms with Crippen LogP contribution in [0.15, 0.2) is 96.6 Å². The number of unbranched alkanes of at least 4 members (excludes halogenated alkanes) is 3. The number of benzene rings is 4. The molecule has 0 spiro atoms. The van der Waals surface area contributed by atoms with Crippen molar-refractivity contribution in [2.75, 3.05) is 0 Å². The molecule has 4 heteroatoms. The molecule has 4 aromatic rings. The van der Waals surface area contributed by atoms with Gasteiger partial charge in [0.25, 0.3) is 0 Å². The Kier molecular flexibility index (Phi) is 11.0. The van der Waals surface area contributed by atoms with Crippen LogP contribution in [0.1, 0.15) is 114 Å². The fraction of sp³-hybridized carbons (Fsp3) is 0.378. The average molecular weight is 786 g/mol. The molecule has 0 saturated heterocycles. The summed E-state index contributed by atoms with van der Waals surface area (Å²) < 4.78 is 0.218. The first kappa shape index (κ1) is 36.8. The summed E-state index contributed by atoms with van der Waals surface area (Å²) in [5, 5.41) is 0. The van der Waals surface area contributed by atoms with Gasteiger partial charge in [0, 0.05) is 0 Å². The van der Waals surface area contributed by atoms with Crippen molar-refractivity contribution in [3.05, 3.63) is 130 Å². The van der Waals surface area contributed by atoms with E-state index in [-0.39, 0.29) is 12.7 Å². The molecule has 0 saturated carbocycles. The van der Waals surface area contributed by atoms with Crippen LogP contribution < -0.4 is 0 Å². The monoisotopic (exact) mass is 783 g/mol. The van der Waals surface area contributed by atoms with Crippen LogP contribution >= 0.6 is 17.0 Å². The molecular formula is C45H55Cl2SiZr. The zero-order valence-corrected chi connectivity index (χ0v) is 35.9. The minimum atomic E-state index is -4.75. The topological polar surface area (TPSA) is 0 Å². The Bertz CT molecular complexity index is 1860. The van der Waals surface area contributed by atoms with Crippen LogP contribution in [0.3, 0.4) is 0 Å². The first-order chi connectivity index (χ1) is 23.4. The van der Waals surface area contributed by atoms with Crippen molar-refractivity contribution in [3.8, 4) is 22.3 Å². The summed E-state index contributed by atoms with van der Waals surface area (Å²) in [6.07, 6.45) is 15.6. The van der Waals surface area contributed by atoms with E-state index in [1.165, 1.54) is 86.9 Å². The van der Waals surface area contributed by atoms with Crippen molar-refractivity contribution in [1.29, 1.82) is 0 Å². The van der Waals surface area contributed by atoms with Crippen molar-refractivity contribution < 1.29 is 15.6 Å². The Labute approximate surface area is 305 Å². The SMILES string of the molecule is CCCCCCC1=Cc2c(-c3ccc(CCC)cc3)cccc2[CH]1[Zr]([Cl])([Cl])([CH]1C=Cc2c(-c3ccc(C(C)(C)C)cc3)cccc21)[SiH](C)C. The third-order valence-electron chi connectivity index (χ3n) is 11.5. The summed E-state index contributed by atoms with van der Waals surface area (Å²) in [5.41, 5.74) is 14.9. The van der Waals surface area contributed by atoms with E-state index in [2.05, 4.69) is 151 Å². The summed E-state index contributed by atoms with van der Waals surface area (Å²) in [6, 6.07) is 32.2. The van der Waals surface area contributed by atoms with Crippen LogP contribution in [-0.2, 0) is 27.4 Å². The number of halogens is 2. The van der Waals surface area contributed by atoms with Gasteiger partial charge in [0.15, 0.2) is 0 Å². The van der Waals surface area contributed by atoms with Gasteiger partial charge in [-0.3, -0.25) is 0 Å². The van der Waals surface area contributed by atoms with Crippen LogP contribution in [0.5, 0.6) is 0 Å². The maximum atomic E-state index is 8.60. The Morgan fingerprint density at radius 2 is 1.29 bits per heavy atom. The Morgan fingerprint density at radius 1 is 0.673 bits per heavy atom. The molecule has 0 aliphatic heterocycles. The second-order valence-corrected chi connectivity index (χ2v) is 58.7. The number of aryl methyl sites for hydroxylation is 1. The van der Waals surface area contributed by atoms with Gasteiger partial charge in [-0.2, -0.15) is 0 Å². The van der Waals surface area contributed by atoms with Crippen LogP contribution in [0.4, 0.5) is 0 Å². The third-order valence-corrected chi connectivity index (χ3v) is 63.5. The molecule has 2 unspecified atom stereocenters. The summed E-state index contributed by atoms with van der Waals surface area (Å²) in [5.74, 6) is -1.60. The van der Waals surface area contributed by atoms with Crippen molar-refractivity contribution in [3.63, 3.8) is 0 Å². The predicted octanol–water partition coefficient (Wildman–Crippen LogP) is 14.4. The molecule has 0 N–H and O–H groups in total. The van der Waals surface area contributed by atoms with Crippen LogP contribution in [0.25, 0.3) is 34.4 Å². The number of hydrogen-bond donors (Lipinski definition) is 0. The first-order valence-electron chi connectivity index (χ1n) is 18.8. The van der Waals surface area contributed by atoms with Crippen molar-refractivity contribution in [1.82, 2.24) is 0 Å². The van der Waals surface area contributed by atoms with Gasteiger partial charge < -0.3 is 0 Å². The van der Waals surface area contributed by atoms with Gasteiger partial charge >= 0.3 is 308 Å². The summed E-state index contributed by atoms with van der Waals surface area (Å²) in [4.78, 5) is 0. The second kappa shape index (κ2) is 14.6. The molecule has 0 heterocycles. The molecule has 0 aromatic heterocycles. The first-order valence-corrected chi connectivity index (χ1v) is 35.1. The average Bonchev–Trinajstić information content (AvgIpc) is 3.70. The van der Waals surface area contributed by atoms with Gasteiger partial charge in [0.1, 0.15) is 0 Å². The second-order valence-electron chi connectivity index (χ2n) is 16.1. The van der Waals surface area contributed by atoms with Gasteiger partial charge in [-0.25, -0.2) is 0 Å². The molecule has 0 nitrogen and oxygen atoms in total. The molecule has 0 bridgehead atoms. The third kappa shape index (κ3) is 6.87. The summed E-state index contributed by atoms with van der Waals surface area (Å²) in [7, 11) is 17.2. The molecule has 0 fully saturated rings. The molecular weight excluding hydrogens is 731 g/mol. The predicted molar refractivity (Wildman–Crippen MR) is 218 cm³/mol. The molecule has 4 aromatic carbocycles. The Balaban J connectivity index is 1.47. The molecule has 49 heavy (non-hydrogen) atoms. The van der Waals surface area contributed by atoms with Crippen molar-refractivity contribution >= 4 is 35.1 Å². The normalized spacial score (nSPS) is 17.9. The van der Waals surface area contributed by atoms with Crippen molar-refractivity contribution in [2.45, 2.75) is 105 Å². The van der Waals surface area contributed by atoms with Gasteiger partial charge in [-0.1, -0.05) is 0 Å². The fourth-order valence-electron chi connectivity index (χ4n) is 8.57. The van der Waals surface area contributed by atoms with E-state index in [1.54, 1.807) is 0 Å². The van der Waals surface area contributed by atoms with E-state index in [1.807, 2.05) is 0 Å². The quantitative estimate of drug-likeness (QED) is 0.0991. The molecule has 2 aliphatic carbocycles. The number of allylic oxidation sites excluding steroid dienone is 2. The van der Waals surface area contributed by atoms with Gasteiger partial charge in [-0.05, 0) is 0 Å². The number of rotatable bonds is 12. The van der Waals surface area contributed by atoms with Gasteiger partial charge in [-0.15, -0.1) is 0 Å². The summed E-state index contributed by atoms with van der Waals surface area (Å²) >= 11 is -4.75. The van der Waals surface area contributed by atoms with Gasteiger partial charge in [0.05, 0.1) is 0 Å². The molecule has 0 amide bonds. The van der Waals surface area contributed by atoms with E-state index < -0.39 is 21.5 Å². The molecule has 2 aliphatic rings. The molecule has 2 atom stereocenters. The number of hydrogen-bond acceptors (Lipinski definition) is 0. The van der Waals surface area contributed by atoms with E-state index in [0.717, 1.165) is 19.3 Å². The van der Waals surface area contributed by atoms with Crippen LogP contribution in [0.2, 0.25) is 13.1 Å². The van der Waals surface area contributed by atoms with Crippen LogP contribution in [0, 0.1) is 0 Å². The summed E-state index contributed by atoms with van der Waals surface area (Å²) in [6.45, 7) is 16.3. The maximum absolute atomic E-state index is 8.60.